The Kier molecular flexibility index (Phi) is 13.8. The van der Waals surface area contributed by atoms with Crippen LogP contribution in [0.15, 0.2) is 6.20 Å². The van der Waals surface area contributed by atoms with Crippen molar-refractivity contribution in [3.05, 3.63) is 11.9 Å². The smallest absolute Gasteiger partial charge is 0.328 e. The number of aliphatic carboxylic acids is 1. The van der Waals surface area contributed by atoms with Crippen LogP contribution in [0.4, 0.5) is 0 Å². The molecule has 1 heterocycles. The van der Waals surface area contributed by atoms with Crippen LogP contribution in [0.1, 0.15) is 31.9 Å². The van der Waals surface area contributed by atoms with E-state index in [0.29, 0.717) is 12.1 Å². The van der Waals surface area contributed by atoms with Gasteiger partial charge in [0.15, 0.2) is 0 Å². The van der Waals surface area contributed by atoms with Crippen LogP contribution in [-0.4, -0.2) is 99.5 Å². The number of carboxylic acid groups (broad SMARTS) is 1. The standard InChI is InChI=1S/C20H32N8O8/c1-2-3-6-28-11-13(26-27-28)4-5-15(30)21-7-16(31)22-8-17(32)23-9-18(33)24-10-19(34)25-14(12-29)20(35)36/h11,14,29H,2-10,12H2,1H3,(H,21,30)(H,22,31)(H,23,32)(H,24,33)(H,25,34)(H,35,36). The zero-order valence-corrected chi connectivity index (χ0v) is 19.9. The molecule has 1 aromatic heterocycles. The molecule has 0 saturated carbocycles. The number of unbranched alkanes of at least 4 members (excludes halogenated alkanes) is 1. The van der Waals surface area contributed by atoms with Gasteiger partial charge in [-0.3, -0.25) is 28.7 Å². The fourth-order valence-electron chi connectivity index (χ4n) is 2.55. The molecule has 200 valence electrons. The number of aliphatic hydroxyl groups is 1. The third-order valence-corrected chi connectivity index (χ3v) is 4.54. The number of aryl methyl sites for hydroxylation is 2. The molecule has 1 atom stereocenters. The van der Waals surface area contributed by atoms with Gasteiger partial charge in [-0.1, -0.05) is 18.6 Å². The van der Waals surface area contributed by atoms with Gasteiger partial charge in [-0.05, 0) is 6.42 Å². The lowest BCUT2D eigenvalue weighted by molar-refractivity contribution is -0.142. The number of rotatable bonds is 17. The van der Waals surface area contributed by atoms with Crippen molar-refractivity contribution in [3.63, 3.8) is 0 Å². The summed E-state index contributed by atoms with van der Waals surface area (Å²) < 4.78 is 1.71. The summed E-state index contributed by atoms with van der Waals surface area (Å²) in [4.78, 5) is 69.3. The zero-order chi connectivity index (χ0) is 26.9. The molecule has 1 aromatic rings. The lowest BCUT2D eigenvalue weighted by atomic mass is 10.2. The van der Waals surface area contributed by atoms with Crippen LogP contribution in [0, 0.1) is 0 Å². The van der Waals surface area contributed by atoms with Crippen molar-refractivity contribution in [1.82, 2.24) is 41.6 Å². The molecule has 0 bridgehead atoms. The Morgan fingerprint density at radius 3 is 1.92 bits per heavy atom. The maximum Gasteiger partial charge on any atom is 0.328 e. The van der Waals surface area contributed by atoms with Gasteiger partial charge in [0.25, 0.3) is 0 Å². The summed E-state index contributed by atoms with van der Waals surface area (Å²) in [5.74, 6) is -4.68. The van der Waals surface area contributed by atoms with Gasteiger partial charge in [0.1, 0.15) is 6.04 Å². The third-order valence-electron chi connectivity index (χ3n) is 4.54. The summed E-state index contributed by atoms with van der Waals surface area (Å²) in [5.41, 5.74) is 0.668. The summed E-state index contributed by atoms with van der Waals surface area (Å²) in [6, 6.07) is -1.50. The minimum atomic E-state index is -1.50. The summed E-state index contributed by atoms with van der Waals surface area (Å²) in [6.07, 6.45) is 4.26. The first-order chi connectivity index (χ1) is 17.1. The molecule has 1 unspecified atom stereocenters. The predicted molar refractivity (Wildman–Crippen MR) is 122 cm³/mol. The van der Waals surface area contributed by atoms with Crippen molar-refractivity contribution in [2.24, 2.45) is 0 Å². The second-order valence-electron chi connectivity index (χ2n) is 7.57. The summed E-state index contributed by atoms with van der Waals surface area (Å²) in [6.45, 7) is 0.167. The lowest BCUT2D eigenvalue weighted by Gasteiger charge is -2.12. The zero-order valence-electron chi connectivity index (χ0n) is 19.9. The predicted octanol–water partition coefficient (Wildman–Crippen LogP) is -3.96. The first-order valence-corrected chi connectivity index (χ1v) is 11.2. The topological polar surface area (TPSA) is 234 Å². The fourth-order valence-corrected chi connectivity index (χ4v) is 2.55. The summed E-state index contributed by atoms with van der Waals surface area (Å²) in [7, 11) is 0. The molecule has 0 aliphatic carbocycles. The van der Waals surface area contributed by atoms with Crippen molar-refractivity contribution in [1.29, 1.82) is 0 Å². The maximum atomic E-state index is 11.9. The second kappa shape index (κ2) is 16.5. The Balaban J connectivity index is 2.16. The molecule has 1 rings (SSSR count). The molecule has 0 radical (unpaired) electrons. The molecule has 7 N–H and O–H groups in total. The van der Waals surface area contributed by atoms with Crippen LogP contribution in [-0.2, 0) is 41.7 Å². The van der Waals surface area contributed by atoms with Crippen molar-refractivity contribution < 1.29 is 39.0 Å². The Hall–Kier alpha value is -4.08. The van der Waals surface area contributed by atoms with E-state index in [4.69, 9.17) is 10.2 Å². The van der Waals surface area contributed by atoms with Crippen LogP contribution in [0.2, 0.25) is 0 Å². The molecule has 16 heteroatoms. The van der Waals surface area contributed by atoms with E-state index in [9.17, 15) is 28.8 Å². The van der Waals surface area contributed by atoms with Gasteiger partial charge in [0.05, 0.1) is 38.5 Å². The Labute approximate surface area is 206 Å². The van der Waals surface area contributed by atoms with Gasteiger partial charge in [-0.15, -0.1) is 5.10 Å². The number of carboxylic acids is 1. The van der Waals surface area contributed by atoms with Crippen LogP contribution in [0.3, 0.4) is 0 Å². The highest BCUT2D eigenvalue weighted by Crippen LogP contribution is 2.00. The van der Waals surface area contributed by atoms with Crippen molar-refractivity contribution >= 4 is 35.5 Å². The van der Waals surface area contributed by atoms with E-state index in [-0.39, 0.29) is 18.9 Å². The first kappa shape index (κ1) is 30.0. The molecule has 36 heavy (non-hydrogen) atoms. The Morgan fingerprint density at radius 1 is 0.889 bits per heavy atom. The molecular formula is C20H32N8O8. The van der Waals surface area contributed by atoms with E-state index in [2.05, 4.69) is 38.5 Å². The molecule has 0 saturated heterocycles. The highest BCUT2D eigenvalue weighted by atomic mass is 16.4. The molecule has 0 aromatic carbocycles. The van der Waals surface area contributed by atoms with Gasteiger partial charge in [-0.2, -0.15) is 0 Å². The van der Waals surface area contributed by atoms with Crippen LogP contribution >= 0.6 is 0 Å². The highest BCUT2D eigenvalue weighted by molar-refractivity contribution is 5.91. The number of nitrogens with zero attached hydrogens (tertiary/aromatic N) is 3. The largest absolute Gasteiger partial charge is 0.480 e. The van der Waals surface area contributed by atoms with Crippen LogP contribution in [0.5, 0.6) is 0 Å². The molecule has 0 aliphatic rings. The Bertz CT molecular complexity index is 919. The minimum absolute atomic E-state index is 0.115. The normalized spacial score (nSPS) is 11.2. The van der Waals surface area contributed by atoms with Crippen molar-refractivity contribution in [3.8, 4) is 0 Å². The Morgan fingerprint density at radius 2 is 1.42 bits per heavy atom. The number of nitrogens with one attached hydrogen (secondary N) is 5. The quantitative estimate of drug-likeness (QED) is 0.107. The average molecular weight is 513 g/mol. The number of aliphatic hydroxyl groups excluding tert-OH is 1. The van der Waals surface area contributed by atoms with E-state index in [0.717, 1.165) is 19.4 Å². The third kappa shape index (κ3) is 13.0. The van der Waals surface area contributed by atoms with Crippen molar-refractivity contribution in [2.75, 3.05) is 32.8 Å². The van der Waals surface area contributed by atoms with Crippen molar-refractivity contribution in [2.45, 2.75) is 45.2 Å². The van der Waals surface area contributed by atoms with E-state index >= 15 is 0 Å². The number of hydrogen-bond acceptors (Lipinski definition) is 9. The number of amides is 5. The SMILES string of the molecule is CCCCn1cc(CCC(=O)NCC(=O)NCC(=O)NCC(=O)NCC(=O)NC(CO)C(=O)O)nn1. The number of carbonyl (C=O) groups excluding carboxylic acids is 5. The van der Waals surface area contributed by atoms with Gasteiger partial charge in [0.2, 0.25) is 29.5 Å². The van der Waals surface area contributed by atoms with Gasteiger partial charge < -0.3 is 36.8 Å². The van der Waals surface area contributed by atoms with E-state index in [1.807, 2.05) is 5.32 Å². The second-order valence-corrected chi connectivity index (χ2v) is 7.57. The molecular weight excluding hydrogens is 480 g/mol. The average Bonchev–Trinajstić information content (AvgIpc) is 3.31. The maximum absolute atomic E-state index is 11.9. The van der Waals surface area contributed by atoms with Gasteiger partial charge in [-0.25, -0.2) is 4.79 Å². The molecule has 0 aliphatic heterocycles. The molecule has 16 nitrogen and oxygen atoms in total. The number of carbonyl (C=O) groups is 6. The number of aromatic nitrogens is 3. The van der Waals surface area contributed by atoms with Gasteiger partial charge >= 0.3 is 5.97 Å². The molecule has 5 amide bonds. The first-order valence-electron chi connectivity index (χ1n) is 11.2. The summed E-state index contributed by atoms with van der Waals surface area (Å²) >= 11 is 0. The molecule has 0 spiro atoms. The fraction of sp³-hybridized carbons (Fsp3) is 0.600. The van der Waals surface area contributed by atoms with E-state index in [1.165, 1.54) is 0 Å². The van der Waals surface area contributed by atoms with Crippen LogP contribution < -0.4 is 26.6 Å². The van der Waals surface area contributed by atoms with E-state index < -0.39 is 61.9 Å². The summed E-state index contributed by atoms with van der Waals surface area (Å²) in [5, 5.41) is 36.6. The molecule has 0 fully saturated rings. The monoisotopic (exact) mass is 512 g/mol. The van der Waals surface area contributed by atoms with E-state index in [1.54, 1.807) is 10.9 Å². The number of hydrogen-bond donors (Lipinski definition) is 7. The highest BCUT2D eigenvalue weighted by Gasteiger charge is 2.19. The lowest BCUT2D eigenvalue weighted by Crippen LogP contribution is -2.49. The van der Waals surface area contributed by atoms with Gasteiger partial charge in [0, 0.05) is 25.6 Å². The van der Waals surface area contributed by atoms with Crippen LogP contribution in [0.25, 0.3) is 0 Å². The minimum Gasteiger partial charge on any atom is -0.480 e.